The molecule has 3 heterocycles. The molecule has 1 N–H and O–H groups in total. The van der Waals surface area contributed by atoms with Gasteiger partial charge in [-0.05, 0) is 30.7 Å². The van der Waals surface area contributed by atoms with E-state index in [9.17, 15) is 9.90 Å². The highest BCUT2D eigenvalue weighted by atomic mass is 16.3. The minimum Gasteiger partial charge on any atom is -0.461 e. The first-order valence-electron chi connectivity index (χ1n) is 6.35. The van der Waals surface area contributed by atoms with Crippen LogP contribution in [0.5, 0.6) is 0 Å². The van der Waals surface area contributed by atoms with E-state index in [0.29, 0.717) is 31.1 Å². The van der Waals surface area contributed by atoms with E-state index >= 15 is 0 Å². The second-order valence-electron chi connectivity index (χ2n) is 5.18. The molecule has 8 heteroatoms. The van der Waals surface area contributed by atoms with Crippen molar-refractivity contribution in [2.45, 2.75) is 25.5 Å². The van der Waals surface area contributed by atoms with E-state index in [2.05, 4.69) is 15.4 Å². The van der Waals surface area contributed by atoms with Crippen LogP contribution in [0.15, 0.2) is 22.8 Å². The highest BCUT2D eigenvalue weighted by Crippen LogP contribution is 2.20. The van der Waals surface area contributed by atoms with Crippen LogP contribution in [0, 0.1) is 0 Å². The molecular weight excluding hydrogens is 262 g/mol. The summed E-state index contributed by atoms with van der Waals surface area (Å²) in [7, 11) is 0. The lowest BCUT2D eigenvalue weighted by Crippen LogP contribution is -2.36. The number of furan rings is 1. The number of β-amino-alcohol motifs (C(OH)–C–C–N with tert-alkyl or cyclic N) is 1. The Balaban J connectivity index is 1.65. The molecule has 1 unspecified atom stereocenters. The van der Waals surface area contributed by atoms with Gasteiger partial charge in [-0.25, -0.2) is 0 Å². The SMILES string of the molecule is CC1(O)CCN(C(=O)Cn2nnc(-c3ccco3)n2)C1. The molecule has 8 nitrogen and oxygen atoms in total. The van der Waals surface area contributed by atoms with Gasteiger partial charge in [0.25, 0.3) is 0 Å². The maximum absolute atomic E-state index is 12.1. The number of rotatable bonds is 3. The summed E-state index contributed by atoms with van der Waals surface area (Å²) in [6.45, 7) is 2.62. The van der Waals surface area contributed by atoms with Gasteiger partial charge in [-0.2, -0.15) is 4.80 Å². The Kier molecular flexibility index (Phi) is 3.01. The average Bonchev–Trinajstić information content (AvgIpc) is 3.07. The van der Waals surface area contributed by atoms with Crippen LogP contribution in [0.4, 0.5) is 0 Å². The molecule has 0 spiro atoms. The van der Waals surface area contributed by atoms with E-state index < -0.39 is 5.60 Å². The van der Waals surface area contributed by atoms with Gasteiger partial charge in [-0.15, -0.1) is 10.2 Å². The number of likely N-dealkylation sites (tertiary alicyclic amines) is 1. The lowest BCUT2D eigenvalue weighted by molar-refractivity contribution is -0.132. The van der Waals surface area contributed by atoms with Crippen LogP contribution < -0.4 is 0 Å². The van der Waals surface area contributed by atoms with E-state index in [4.69, 9.17) is 4.42 Å². The third kappa shape index (κ3) is 2.55. The third-order valence-corrected chi connectivity index (χ3v) is 3.28. The van der Waals surface area contributed by atoms with Crippen molar-refractivity contribution in [2.75, 3.05) is 13.1 Å². The average molecular weight is 277 g/mol. The number of hydrogen-bond donors (Lipinski definition) is 1. The molecule has 0 saturated carbocycles. The summed E-state index contributed by atoms with van der Waals surface area (Å²) in [5.41, 5.74) is -0.801. The smallest absolute Gasteiger partial charge is 0.246 e. The van der Waals surface area contributed by atoms with Gasteiger partial charge in [0.15, 0.2) is 5.76 Å². The Morgan fingerprint density at radius 3 is 3.10 bits per heavy atom. The van der Waals surface area contributed by atoms with Crippen molar-refractivity contribution in [3.8, 4) is 11.6 Å². The number of aromatic nitrogens is 4. The van der Waals surface area contributed by atoms with E-state index in [0.717, 1.165) is 0 Å². The lowest BCUT2D eigenvalue weighted by atomic mass is 10.1. The minimum atomic E-state index is -0.801. The highest BCUT2D eigenvalue weighted by Gasteiger charge is 2.34. The van der Waals surface area contributed by atoms with Crippen molar-refractivity contribution in [2.24, 2.45) is 0 Å². The predicted molar refractivity (Wildman–Crippen MR) is 67.3 cm³/mol. The maximum Gasteiger partial charge on any atom is 0.246 e. The largest absolute Gasteiger partial charge is 0.461 e. The summed E-state index contributed by atoms with van der Waals surface area (Å²) in [6.07, 6.45) is 2.11. The summed E-state index contributed by atoms with van der Waals surface area (Å²) < 4.78 is 5.16. The van der Waals surface area contributed by atoms with Gasteiger partial charge < -0.3 is 14.4 Å². The first-order valence-corrected chi connectivity index (χ1v) is 6.35. The van der Waals surface area contributed by atoms with Crippen LogP contribution >= 0.6 is 0 Å². The van der Waals surface area contributed by atoms with Crippen LogP contribution in [-0.2, 0) is 11.3 Å². The number of carbonyl (C=O) groups excluding carboxylic acids is 1. The molecule has 1 atom stereocenters. The van der Waals surface area contributed by atoms with Crippen molar-refractivity contribution in [3.63, 3.8) is 0 Å². The van der Waals surface area contributed by atoms with Crippen LogP contribution in [0.25, 0.3) is 11.6 Å². The fourth-order valence-corrected chi connectivity index (χ4v) is 2.19. The monoisotopic (exact) mass is 277 g/mol. The summed E-state index contributed by atoms with van der Waals surface area (Å²) >= 11 is 0. The lowest BCUT2D eigenvalue weighted by Gasteiger charge is -2.18. The van der Waals surface area contributed by atoms with Crippen molar-refractivity contribution in [1.82, 2.24) is 25.1 Å². The number of aliphatic hydroxyl groups is 1. The second-order valence-corrected chi connectivity index (χ2v) is 5.18. The first-order chi connectivity index (χ1) is 9.53. The molecule has 1 aliphatic rings. The molecule has 0 radical (unpaired) electrons. The molecule has 1 aliphatic heterocycles. The summed E-state index contributed by atoms with van der Waals surface area (Å²) in [5, 5.41) is 21.6. The zero-order chi connectivity index (χ0) is 14.2. The van der Waals surface area contributed by atoms with Crippen LogP contribution in [-0.4, -0.2) is 54.8 Å². The van der Waals surface area contributed by atoms with Crippen LogP contribution in [0.1, 0.15) is 13.3 Å². The molecule has 106 valence electrons. The number of nitrogens with zero attached hydrogens (tertiary/aromatic N) is 5. The van der Waals surface area contributed by atoms with Crippen molar-refractivity contribution in [1.29, 1.82) is 0 Å². The molecule has 1 fully saturated rings. The summed E-state index contributed by atoms with van der Waals surface area (Å²) in [4.78, 5) is 14.9. The second kappa shape index (κ2) is 4.71. The van der Waals surface area contributed by atoms with E-state index in [-0.39, 0.29) is 12.5 Å². The summed E-state index contributed by atoms with van der Waals surface area (Å²) in [5.74, 6) is 0.718. The van der Waals surface area contributed by atoms with E-state index in [1.54, 1.807) is 24.0 Å². The van der Waals surface area contributed by atoms with Crippen LogP contribution in [0.2, 0.25) is 0 Å². The molecule has 1 amide bonds. The Bertz CT molecular complexity index is 604. The van der Waals surface area contributed by atoms with Gasteiger partial charge in [0, 0.05) is 13.1 Å². The predicted octanol–water partition coefficient (Wildman–Crippen LogP) is -0.0836. The van der Waals surface area contributed by atoms with Crippen molar-refractivity contribution in [3.05, 3.63) is 18.4 Å². The van der Waals surface area contributed by atoms with Gasteiger partial charge in [-0.3, -0.25) is 4.79 Å². The molecular formula is C12H15N5O3. The molecule has 2 aromatic rings. The summed E-state index contributed by atoms with van der Waals surface area (Å²) in [6, 6.07) is 3.45. The van der Waals surface area contributed by atoms with Crippen molar-refractivity contribution < 1.29 is 14.3 Å². The number of hydrogen-bond acceptors (Lipinski definition) is 6. The molecule has 0 aromatic carbocycles. The Labute approximate surface area is 115 Å². The molecule has 1 saturated heterocycles. The van der Waals surface area contributed by atoms with Crippen LogP contribution in [0.3, 0.4) is 0 Å². The fourth-order valence-electron chi connectivity index (χ4n) is 2.19. The Morgan fingerprint density at radius 2 is 2.45 bits per heavy atom. The zero-order valence-corrected chi connectivity index (χ0v) is 11.1. The topological polar surface area (TPSA) is 97.3 Å². The van der Waals surface area contributed by atoms with E-state index in [1.807, 2.05) is 0 Å². The fraction of sp³-hybridized carbons (Fsp3) is 0.500. The van der Waals surface area contributed by atoms with Gasteiger partial charge in [0.2, 0.25) is 11.7 Å². The van der Waals surface area contributed by atoms with Gasteiger partial charge in [0.05, 0.1) is 11.9 Å². The quantitative estimate of drug-likeness (QED) is 0.842. The molecule has 3 rings (SSSR count). The Morgan fingerprint density at radius 1 is 1.60 bits per heavy atom. The minimum absolute atomic E-state index is 0.00376. The Hall–Kier alpha value is -2.22. The van der Waals surface area contributed by atoms with Gasteiger partial charge >= 0.3 is 0 Å². The maximum atomic E-state index is 12.1. The van der Waals surface area contributed by atoms with Gasteiger partial charge in [0.1, 0.15) is 6.54 Å². The number of amides is 1. The zero-order valence-electron chi connectivity index (χ0n) is 11.1. The van der Waals surface area contributed by atoms with Gasteiger partial charge in [-0.1, -0.05) is 0 Å². The normalized spacial score (nSPS) is 22.4. The molecule has 0 aliphatic carbocycles. The molecule has 20 heavy (non-hydrogen) atoms. The first kappa shape index (κ1) is 12.8. The standard InChI is InChI=1S/C12H15N5O3/c1-12(19)4-5-16(8-12)10(18)7-17-14-11(13-15-17)9-3-2-6-20-9/h2-3,6,19H,4-5,7-8H2,1H3. The number of tetrazole rings is 1. The molecule has 2 aromatic heterocycles. The van der Waals surface area contributed by atoms with Crippen molar-refractivity contribution >= 4 is 5.91 Å². The van der Waals surface area contributed by atoms with E-state index in [1.165, 1.54) is 11.1 Å². The molecule has 0 bridgehead atoms. The highest BCUT2D eigenvalue weighted by molar-refractivity contribution is 5.76. The third-order valence-electron chi connectivity index (χ3n) is 3.28. The number of carbonyl (C=O) groups is 1.